The highest BCUT2D eigenvalue weighted by Crippen LogP contribution is 2.11. The van der Waals surface area contributed by atoms with Crippen molar-refractivity contribution in [3.8, 4) is 0 Å². The van der Waals surface area contributed by atoms with Crippen LogP contribution in [0, 0.1) is 0 Å². The van der Waals surface area contributed by atoms with Crippen molar-refractivity contribution < 1.29 is 0 Å². The molecule has 0 aromatic heterocycles. The summed E-state index contributed by atoms with van der Waals surface area (Å²) in [6.07, 6.45) is 23.5. The molecule has 0 aliphatic heterocycles. The van der Waals surface area contributed by atoms with Crippen molar-refractivity contribution in [2.45, 2.75) is 96.8 Å². The first-order valence-electron chi connectivity index (χ1n) is 10.7. The lowest BCUT2D eigenvalue weighted by Gasteiger charge is -2.03. The number of nitrogens with one attached hydrogen (secondary N) is 2. The molecule has 0 aliphatic rings. The highest BCUT2D eigenvalue weighted by molar-refractivity contribution is 4.79. The first-order valence-corrected chi connectivity index (χ1v) is 10.7. The van der Waals surface area contributed by atoms with Gasteiger partial charge in [0.1, 0.15) is 0 Å². The Hall–Kier alpha value is -0.540. The van der Waals surface area contributed by atoms with E-state index in [1.165, 1.54) is 83.5 Å². The van der Waals surface area contributed by atoms with Gasteiger partial charge >= 0.3 is 0 Å². The lowest BCUT2D eigenvalue weighted by atomic mass is 10.1. The molecule has 0 atom stereocenters. The summed E-state index contributed by atoms with van der Waals surface area (Å²) < 4.78 is 0. The molecule has 0 aromatic rings. The Bertz CT molecular complexity index is 241. The van der Waals surface area contributed by atoms with Gasteiger partial charge in [0.2, 0.25) is 0 Å². The van der Waals surface area contributed by atoms with Gasteiger partial charge in [-0.2, -0.15) is 0 Å². The van der Waals surface area contributed by atoms with E-state index in [9.17, 15) is 0 Å². The second-order valence-corrected chi connectivity index (χ2v) is 6.93. The summed E-state index contributed by atoms with van der Waals surface area (Å²) in [4.78, 5) is 0. The summed E-state index contributed by atoms with van der Waals surface area (Å²) in [5.41, 5.74) is 5.45. The quantitative estimate of drug-likeness (QED) is 0.270. The van der Waals surface area contributed by atoms with Crippen LogP contribution in [0.4, 0.5) is 0 Å². The third kappa shape index (κ3) is 21.5. The minimum Gasteiger partial charge on any atom is -0.391 e. The van der Waals surface area contributed by atoms with Gasteiger partial charge in [-0.05, 0) is 51.5 Å². The van der Waals surface area contributed by atoms with Crippen molar-refractivity contribution >= 4 is 0 Å². The second-order valence-electron chi connectivity index (χ2n) is 6.93. The Morgan fingerprint density at radius 2 is 1.25 bits per heavy atom. The maximum atomic E-state index is 5.45. The molecule has 4 N–H and O–H groups in total. The molecule has 3 nitrogen and oxygen atoms in total. The van der Waals surface area contributed by atoms with E-state index in [1.54, 1.807) is 0 Å². The minimum atomic E-state index is 0.785. The van der Waals surface area contributed by atoms with E-state index in [4.69, 9.17) is 5.73 Å². The van der Waals surface area contributed by atoms with E-state index in [0.29, 0.717) is 0 Å². The fraction of sp³-hybridized carbons (Fsp3) is 0.905. The van der Waals surface area contributed by atoms with Crippen molar-refractivity contribution in [2.75, 3.05) is 26.2 Å². The molecule has 0 amide bonds. The number of unbranched alkanes of at least 4 members (excludes halogenated alkanes) is 11. The average Bonchev–Trinajstić information content (AvgIpc) is 2.60. The van der Waals surface area contributed by atoms with Gasteiger partial charge in [-0.1, -0.05) is 77.2 Å². The van der Waals surface area contributed by atoms with E-state index < -0.39 is 0 Å². The largest absolute Gasteiger partial charge is 0.391 e. The molecule has 24 heavy (non-hydrogen) atoms. The Morgan fingerprint density at radius 1 is 0.667 bits per heavy atom. The topological polar surface area (TPSA) is 50.1 Å². The Balaban J connectivity index is 3.03. The SMILES string of the molecule is CCCCCCCCCCCCC/C=C/NCCCNCCCN. The van der Waals surface area contributed by atoms with Gasteiger partial charge in [0.25, 0.3) is 0 Å². The smallest absolute Gasteiger partial charge is 0.0153 e. The Labute approximate surface area is 152 Å². The Morgan fingerprint density at radius 3 is 1.88 bits per heavy atom. The highest BCUT2D eigenvalue weighted by Gasteiger charge is 1.92. The first kappa shape index (κ1) is 23.5. The monoisotopic (exact) mass is 339 g/mol. The molecule has 0 fully saturated rings. The van der Waals surface area contributed by atoms with E-state index in [2.05, 4.69) is 29.8 Å². The van der Waals surface area contributed by atoms with Crippen LogP contribution in [0.15, 0.2) is 12.3 Å². The summed E-state index contributed by atoms with van der Waals surface area (Å²) in [7, 11) is 0. The molecule has 144 valence electrons. The van der Waals surface area contributed by atoms with Gasteiger partial charge < -0.3 is 16.4 Å². The van der Waals surface area contributed by atoms with Gasteiger partial charge in [-0.25, -0.2) is 0 Å². The summed E-state index contributed by atoms with van der Waals surface area (Å²) >= 11 is 0. The maximum Gasteiger partial charge on any atom is 0.0153 e. The maximum absolute atomic E-state index is 5.45. The number of nitrogens with two attached hydrogens (primary N) is 1. The standard InChI is InChI=1S/C21H45N3/c1-2-3-4-5-6-7-8-9-10-11-12-13-14-18-23-20-16-21-24-19-15-17-22/h14,18,23-24H,2-13,15-17,19-22H2,1H3/b18-14+. The second kappa shape index (κ2) is 22.5. The Kier molecular flexibility index (Phi) is 22.0. The van der Waals surface area contributed by atoms with Crippen LogP contribution in [0.2, 0.25) is 0 Å². The first-order chi connectivity index (χ1) is 11.9. The molecular formula is C21H45N3. The summed E-state index contributed by atoms with van der Waals surface area (Å²) in [5.74, 6) is 0. The summed E-state index contributed by atoms with van der Waals surface area (Å²) in [5, 5.41) is 6.77. The van der Waals surface area contributed by atoms with Crippen LogP contribution in [0.1, 0.15) is 96.8 Å². The highest BCUT2D eigenvalue weighted by atomic mass is 14.9. The number of hydrogen-bond donors (Lipinski definition) is 3. The molecular weight excluding hydrogens is 294 g/mol. The molecule has 0 heterocycles. The normalized spacial score (nSPS) is 11.4. The van der Waals surface area contributed by atoms with Crippen LogP contribution in [0.25, 0.3) is 0 Å². The molecule has 0 saturated carbocycles. The van der Waals surface area contributed by atoms with Crippen molar-refractivity contribution in [1.29, 1.82) is 0 Å². The molecule has 0 spiro atoms. The molecule has 0 radical (unpaired) electrons. The number of hydrogen-bond acceptors (Lipinski definition) is 3. The lowest BCUT2D eigenvalue weighted by molar-refractivity contribution is 0.550. The fourth-order valence-corrected chi connectivity index (χ4v) is 2.84. The zero-order valence-electron chi connectivity index (χ0n) is 16.5. The molecule has 0 rings (SSSR count). The van der Waals surface area contributed by atoms with E-state index in [0.717, 1.165) is 32.6 Å². The van der Waals surface area contributed by atoms with E-state index in [-0.39, 0.29) is 0 Å². The average molecular weight is 340 g/mol. The molecule has 0 aliphatic carbocycles. The van der Waals surface area contributed by atoms with Crippen LogP contribution in [0.3, 0.4) is 0 Å². The van der Waals surface area contributed by atoms with Gasteiger partial charge in [0.05, 0.1) is 0 Å². The third-order valence-corrected chi connectivity index (χ3v) is 4.44. The van der Waals surface area contributed by atoms with Gasteiger partial charge in [-0.3, -0.25) is 0 Å². The van der Waals surface area contributed by atoms with Crippen molar-refractivity contribution in [3.63, 3.8) is 0 Å². The fourth-order valence-electron chi connectivity index (χ4n) is 2.84. The zero-order chi connectivity index (χ0) is 17.6. The molecule has 0 bridgehead atoms. The molecule has 3 heteroatoms. The van der Waals surface area contributed by atoms with E-state index >= 15 is 0 Å². The summed E-state index contributed by atoms with van der Waals surface area (Å²) in [6, 6.07) is 0. The lowest BCUT2D eigenvalue weighted by Crippen LogP contribution is -2.22. The zero-order valence-corrected chi connectivity index (χ0v) is 16.5. The van der Waals surface area contributed by atoms with Crippen molar-refractivity contribution in [2.24, 2.45) is 5.73 Å². The molecule has 0 unspecified atom stereocenters. The van der Waals surface area contributed by atoms with Crippen LogP contribution in [-0.2, 0) is 0 Å². The number of allylic oxidation sites excluding steroid dienone is 1. The third-order valence-electron chi connectivity index (χ3n) is 4.44. The van der Waals surface area contributed by atoms with Gasteiger partial charge in [-0.15, -0.1) is 0 Å². The van der Waals surface area contributed by atoms with Gasteiger partial charge in [0.15, 0.2) is 0 Å². The van der Waals surface area contributed by atoms with E-state index in [1.807, 2.05) is 0 Å². The molecule has 0 saturated heterocycles. The van der Waals surface area contributed by atoms with Crippen molar-refractivity contribution in [3.05, 3.63) is 12.3 Å². The van der Waals surface area contributed by atoms with Crippen LogP contribution >= 0.6 is 0 Å². The predicted molar refractivity (Wildman–Crippen MR) is 109 cm³/mol. The summed E-state index contributed by atoms with van der Waals surface area (Å²) in [6.45, 7) is 6.26. The van der Waals surface area contributed by atoms with Crippen LogP contribution < -0.4 is 16.4 Å². The minimum absolute atomic E-state index is 0.785. The number of rotatable bonds is 20. The predicted octanol–water partition coefficient (Wildman–Crippen LogP) is 5.12. The van der Waals surface area contributed by atoms with Crippen LogP contribution in [0.5, 0.6) is 0 Å². The molecule has 0 aromatic carbocycles. The van der Waals surface area contributed by atoms with Crippen molar-refractivity contribution in [1.82, 2.24) is 10.6 Å². The van der Waals surface area contributed by atoms with Crippen LogP contribution in [-0.4, -0.2) is 26.2 Å². The van der Waals surface area contributed by atoms with Gasteiger partial charge in [0, 0.05) is 6.54 Å².